The first-order valence-corrected chi connectivity index (χ1v) is 4.72. The third-order valence-electron chi connectivity index (χ3n) is 2.55. The fourth-order valence-corrected chi connectivity index (χ4v) is 1.82. The molecule has 0 aromatic carbocycles. The lowest BCUT2D eigenvalue weighted by molar-refractivity contribution is 0.340. The van der Waals surface area contributed by atoms with Crippen molar-refractivity contribution in [3.63, 3.8) is 0 Å². The molecule has 2 atom stereocenters. The first kappa shape index (κ1) is 9.75. The van der Waals surface area contributed by atoms with E-state index in [2.05, 4.69) is 25.3 Å². The van der Waals surface area contributed by atoms with Gasteiger partial charge in [-0.25, -0.2) is 0 Å². The van der Waals surface area contributed by atoms with Crippen molar-refractivity contribution in [3.05, 3.63) is 12.2 Å². The Labute approximate surface area is 75.4 Å². The Morgan fingerprint density at radius 1 is 1.75 bits per heavy atom. The molecule has 12 heavy (non-hydrogen) atoms. The van der Waals surface area contributed by atoms with Crippen LogP contribution in [0.2, 0.25) is 0 Å². The molecule has 2 nitrogen and oxygen atoms in total. The largest absolute Gasteiger partial charge is 0.328 e. The number of likely N-dealkylation sites (tertiary alicyclic amines) is 1. The van der Waals surface area contributed by atoms with Crippen LogP contribution in [0.15, 0.2) is 12.2 Å². The molecule has 0 bridgehead atoms. The van der Waals surface area contributed by atoms with Crippen LogP contribution in [-0.4, -0.2) is 30.6 Å². The van der Waals surface area contributed by atoms with Crippen molar-refractivity contribution in [2.24, 2.45) is 11.7 Å². The van der Waals surface area contributed by atoms with Crippen molar-refractivity contribution >= 4 is 0 Å². The Morgan fingerprint density at radius 2 is 2.42 bits per heavy atom. The molecule has 70 valence electrons. The summed E-state index contributed by atoms with van der Waals surface area (Å²) in [4.78, 5) is 2.44. The molecule has 0 aliphatic carbocycles. The Hall–Kier alpha value is -0.340. The predicted molar refractivity (Wildman–Crippen MR) is 53.0 cm³/mol. The van der Waals surface area contributed by atoms with Crippen molar-refractivity contribution in [1.29, 1.82) is 0 Å². The van der Waals surface area contributed by atoms with Crippen LogP contribution in [0.1, 0.15) is 20.3 Å². The summed E-state index contributed by atoms with van der Waals surface area (Å²) in [6.07, 6.45) is 1.25. The molecule has 1 heterocycles. The number of hydrogen-bond acceptors (Lipinski definition) is 2. The minimum absolute atomic E-state index is 0.347. The van der Waals surface area contributed by atoms with Crippen LogP contribution in [0.5, 0.6) is 0 Å². The average molecular weight is 168 g/mol. The smallest absolute Gasteiger partial charge is 0.0187 e. The number of hydrogen-bond donors (Lipinski definition) is 1. The molecule has 0 amide bonds. The van der Waals surface area contributed by atoms with Gasteiger partial charge in [-0.3, -0.25) is 4.90 Å². The average Bonchev–Trinajstić information content (AvgIpc) is 2.34. The van der Waals surface area contributed by atoms with E-state index in [0.29, 0.717) is 12.0 Å². The zero-order valence-corrected chi connectivity index (χ0v) is 8.21. The van der Waals surface area contributed by atoms with Crippen molar-refractivity contribution in [1.82, 2.24) is 4.90 Å². The van der Waals surface area contributed by atoms with Gasteiger partial charge >= 0.3 is 0 Å². The van der Waals surface area contributed by atoms with E-state index in [0.717, 1.165) is 13.1 Å². The molecular formula is C10H20N2. The van der Waals surface area contributed by atoms with Crippen LogP contribution in [0.4, 0.5) is 0 Å². The predicted octanol–water partition coefficient (Wildman–Crippen LogP) is 1.23. The zero-order chi connectivity index (χ0) is 9.14. The van der Waals surface area contributed by atoms with Crippen molar-refractivity contribution in [2.75, 3.05) is 19.6 Å². The monoisotopic (exact) mass is 168 g/mol. The molecule has 0 radical (unpaired) electrons. The van der Waals surface area contributed by atoms with E-state index in [1.54, 1.807) is 0 Å². The molecule has 0 spiro atoms. The van der Waals surface area contributed by atoms with Crippen LogP contribution in [0, 0.1) is 5.92 Å². The van der Waals surface area contributed by atoms with E-state index in [4.69, 9.17) is 5.73 Å². The summed E-state index contributed by atoms with van der Waals surface area (Å²) < 4.78 is 0. The molecule has 1 aliphatic heterocycles. The fraction of sp³-hybridized carbons (Fsp3) is 0.800. The molecule has 2 N–H and O–H groups in total. The van der Waals surface area contributed by atoms with Gasteiger partial charge in [0.15, 0.2) is 0 Å². The third kappa shape index (κ3) is 2.61. The third-order valence-corrected chi connectivity index (χ3v) is 2.55. The summed E-state index contributed by atoms with van der Waals surface area (Å²) in [5.41, 5.74) is 7.09. The lowest BCUT2D eigenvalue weighted by Crippen LogP contribution is -2.30. The summed E-state index contributed by atoms with van der Waals surface area (Å²) in [6.45, 7) is 11.5. The molecule has 0 saturated carbocycles. The van der Waals surface area contributed by atoms with Crippen molar-refractivity contribution in [3.8, 4) is 0 Å². The first-order valence-electron chi connectivity index (χ1n) is 4.72. The second-order valence-corrected chi connectivity index (χ2v) is 4.10. The Balaban J connectivity index is 2.30. The van der Waals surface area contributed by atoms with Crippen LogP contribution < -0.4 is 5.73 Å². The highest BCUT2D eigenvalue weighted by Gasteiger charge is 2.24. The fourth-order valence-electron chi connectivity index (χ4n) is 1.82. The summed E-state index contributed by atoms with van der Waals surface area (Å²) in [5, 5.41) is 0. The van der Waals surface area contributed by atoms with Gasteiger partial charge in [0.05, 0.1) is 0 Å². The molecular weight excluding hydrogens is 148 g/mol. The van der Waals surface area contributed by atoms with E-state index < -0.39 is 0 Å². The summed E-state index contributed by atoms with van der Waals surface area (Å²) in [7, 11) is 0. The molecule has 2 unspecified atom stereocenters. The van der Waals surface area contributed by atoms with Crippen LogP contribution >= 0.6 is 0 Å². The quantitative estimate of drug-likeness (QED) is 0.642. The van der Waals surface area contributed by atoms with Gasteiger partial charge in [-0.15, -0.1) is 0 Å². The molecule has 1 fully saturated rings. The summed E-state index contributed by atoms with van der Waals surface area (Å²) >= 11 is 0. The Morgan fingerprint density at radius 3 is 2.83 bits per heavy atom. The maximum atomic E-state index is 5.84. The molecule has 0 aromatic rings. The maximum Gasteiger partial charge on any atom is 0.0187 e. The van der Waals surface area contributed by atoms with Crippen LogP contribution in [-0.2, 0) is 0 Å². The summed E-state index contributed by atoms with van der Waals surface area (Å²) in [6, 6.07) is 0.347. The molecule has 1 rings (SSSR count). The van der Waals surface area contributed by atoms with Gasteiger partial charge in [-0.2, -0.15) is 0 Å². The van der Waals surface area contributed by atoms with Gasteiger partial charge in [0.2, 0.25) is 0 Å². The van der Waals surface area contributed by atoms with E-state index in [9.17, 15) is 0 Å². The topological polar surface area (TPSA) is 29.3 Å². The molecule has 2 heteroatoms. The number of nitrogens with zero attached hydrogens (tertiary/aromatic N) is 1. The highest BCUT2D eigenvalue weighted by atomic mass is 15.1. The van der Waals surface area contributed by atoms with Crippen molar-refractivity contribution in [2.45, 2.75) is 26.3 Å². The second kappa shape index (κ2) is 4.06. The van der Waals surface area contributed by atoms with Crippen molar-refractivity contribution < 1.29 is 0 Å². The summed E-state index contributed by atoms with van der Waals surface area (Å²) in [5.74, 6) is 0.698. The highest BCUT2D eigenvalue weighted by molar-refractivity contribution is 4.94. The molecule has 0 aromatic heterocycles. The van der Waals surface area contributed by atoms with Crippen LogP contribution in [0.25, 0.3) is 0 Å². The molecule has 1 saturated heterocycles. The number of nitrogens with two attached hydrogens (primary N) is 1. The minimum atomic E-state index is 0.347. The zero-order valence-electron chi connectivity index (χ0n) is 8.21. The minimum Gasteiger partial charge on any atom is -0.328 e. The van der Waals surface area contributed by atoms with Gasteiger partial charge in [0.1, 0.15) is 0 Å². The SMILES string of the molecule is C=C(C)CN1CCC(C(C)N)C1. The Bertz CT molecular complexity index is 163. The van der Waals surface area contributed by atoms with Gasteiger partial charge in [-0.1, -0.05) is 12.2 Å². The standard InChI is InChI=1S/C10H20N2/c1-8(2)6-12-5-4-10(7-12)9(3)11/h9-10H,1,4-7,11H2,2-3H3. The van der Waals surface area contributed by atoms with Gasteiger partial charge in [-0.05, 0) is 32.7 Å². The normalized spacial score (nSPS) is 27.4. The lowest BCUT2D eigenvalue weighted by Gasteiger charge is -2.17. The maximum absolute atomic E-state index is 5.84. The van der Waals surface area contributed by atoms with E-state index in [1.807, 2.05) is 0 Å². The second-order valence-electron chi connectivity index (χ2n) is 4.10. The molecule has 1 aliphatic rings. The lowest BCUT2D eigenvalue weighted by atomic mass is 10.0. The van der Waals surface area contributed by atoms with Crippen LogP contribution in [0.3, 0.4) is 0 Å². The van der Waals surface area contributed by atoms with Gasteiger partial charge in [0, 0.05) is 19.1 Å². The van der Waals surface area contributed by atoms with E-state index in [1.165, 1.54) is 18.5 Å². The van der Waals surface area contributed by atoms with Gasteiger partial charge in [0.25, 0.3) is 0 Å². The van der Waals surface area contributed by atoms with Gasteiger partial charge < -0.3 is 5.73 Å². The Kier molecular flexibility index (Phi) is 3.29. The first-order chi connectivity index (χ1) is 5.59. The van der Waals surface area contributed by atoms with E-state index in [-0.39, 0.29) is 0 Å². The number of rotatable bonds is 3. The van der Waals surface area contributed by atoms with E-state index >= 15 is 0 Å². The highest BCUT2D eigenvalue weighted by Crippen LogP contribution is 2.18.